The van der Waals surface area contributed by atoms with Crippen LogP contribution < -0.4 is 31.9 Å². The number of hydrogen-bond donors (Lipinski definition) is 6. The monoisotopic (exact) mass is 808 g/mol. The van der Waals surface area contributed by atoms with Crippen LogP contribution in [-0.4, -0.2) is 74.7 Å². The van der Waals surface area contributed by atoms with Crippen LogP contribution in [0.4, 0.5) is 4.79 Å². The summed E-state index contributed by atoms with van der Waals surface area (Å²) >= 11 is 0. The molecule has 1 atom stereocenters. The Morgan fingerprint density at radius 3 is 1.57 bits per heavy atom. The quantitative estimate of drug-likeness (QED) is 0.0341. The van der Waals surface area contributed by atoms with Crippen molar-refractivity contribution in [2.24, 2.45) is 0 Å². The van der Waals surface area contributed by atoms with Gasteiger partial charge in [-0.2, -0.15) is 0 Å². The van der Waals surface area contributed by atoms with Crippen LogP contribution in [0.15, 0.2) is 140 Å². The zero-order valence-electron chi connectivity index (χ0n) is 34.6. The maximum atomic E-state index is 14.4. The Morgan fingerprint density at radius 2 is 1.05 bits per heavy atom. The van der Waals surface area contributed by atoms with E-state index in [2.05, 4.69) is 56.2 Å². The van der Waals surface area contributed by atoms with Crippen molar-refractivity contribution in [2.45, 2.75) is 56.7 Å². The van der Waals surface area contributed by atoms with Crippen molar-refractivity contribution in [1.29, 1.82) is 0 Å². The van der Waals surface area contributed by atoms with Gasteiger partial charge >= 0.3 is 12.0 Å². The molecule has 11 nitrogen and oxygen atoms in total. The summed E-state index contributed by atoms with van der Waals surface area (Å²) in [5.41, 5.74) is 5.42. The first-order valence-corrected chi connectivity index (χ1v) is 20.7. The minimum absolute atomic E-state index is 0.0696. The third-order valence-corrected chi connectivity index (χ3v) is 10.4. The third-order valence-electron chi connectivity index (χ3n) is 10.4. The van der Waals surface area contributed by atoms with E-state index in [1.54, 1.807) is 0 Å². The molecule has 60 heavy (non-hydrogen) atoms. The number of urea groups is 1. The summed E-state index contributed by atoms with van der Waals surface area (Å²) in [4.78, 5) is 54.0. The second-order valence-electron chi connectivity index (χ2n) is 15.9. The Labute approximate surface area is 353 Å². The standard InChI is InChI=1S/C49H56N6O5/c1-48(2,3)60-45(57)27-28-50-29-30-51-31-32-52-46(58)43(54-47(59)53-34-42-40-25-15-13-23-38(40)39-24-14-16-26-41(39)42)33-44(56)55-49(35-17-7-4-8-18-35,36-19-9-5-10-20-36)37-21-11-6-12-22-37/h4-26,42-43,50-51H,27-34H2,1-3H3,(H,52,58)(H,55,56)(H2,53,54,59)/t43-/m0/s1. The summed E-state index contributed by atoms with van der Waals surface area (Å²) in [6.45, 7) is 8.24. The van der Waals surface area contributed by atoms with Crippen molar-refractivity contribution < 1.29 is 23.9 Å². The number of carbonyl (C=O) groups is 4. The highest BCUT2D eigenvalue weighted by atomic mass is 16.6. The third kappa shape index (κ3) is 11.2. The number of nitrogens with one attached hydrogen (secondary N) is 6. The van der Waals surface area contributed by atoms with Crippen molar-refractivity contribution in [3.05, 3.63) is 167 Å². The fourth-order valence-electron chi connectivity index (χ4n) is 7.73. The van der Waals surface area contributed by atoms with E-state index in [-0.39, 0.29) is 31.3 Å². The molecule has 0 heterocycles. The maximum Gasteiger partial charge on any atom is 0.315 e. The average Bonchev–Trinajstić information content (AvgIpc) is 3.57. The van der Waals surface area contributed by atoms with E-state index in [1.165, 1.54) is 0 Å². The van der Waals surface area contributed by atoms with E-state index < -0.39 is 35.0 Å². The molecule has 0 aromatic heterocycles. The molecule has 1 aliphatic rings. The molecule has 0 spiro atoms. The van der Waals surface area contributed by atoms with E-state index in [1.807, 2.05) is 136 Å². The van der Waals surface area contributed by atoms with Crippen molar-refractivity contribution >= 4 is 23.8 Å². The predicted octanol–water partition coefficient (Wildman–Crippen LogP) is 5.99. The second-order valence-corrected chi connectivity index (χ2v) is 15.9. The van der Waals surface area contributed by atoms with Gasteiger partial charge in [0.15, 0.2) is 0 Å². The highest BCUT2D eigenvalue weighted by Gasteiger charge is 2.39. The molecule has 6 N–H and O–H groups in total. The minimum atomic E-state index is -1.19. The molecule has 5 aromatic carbocycles. The van der Waals surface area contributed by atoms with Crippen LogP contribution in [0, 0.1) is 0 Å². The molecule has 5 aromatic rings. The molecule has 4 amide bonds. The Morgan fingerprint density at radius 1 is 0.583 bits per heavy atom. The molecule has 312 valence electrons. The zero-order valence-corrected chi connectivity index (χ0v) is 34.6. The summed E-state index contributed by atoms with van der Waals surface area (Å²) in [6, 6.07) is 43.8. The fraction of sp³-hybridized carbons (Fsp3) is 0.306. The SMILES string of the molecule is CC(C)(C)OC(=O)CCNCCNCCNC(=O)[C@H](CC(=O)NC(c1ccccc1)(c1ccccc1)c1ccccc1)NC(=O)NCC1c2ccccc2-c2ccccc21. The van der Waals surface area contributed by atoms with Crippen LogP contribution in [0.2, 0.25) is 0 Å². The van der Waals surface area contributed by atoms with Gasteiger partial charge in [-0.1, -0.05) is 140 Å². The molecule has 11 heteroatoms. The van der Waals surface area contributed by atoms with Gasteiger partial charge in [0.05, 0.1) is 12.8 Å². The van der Waals surface area contributed by atoms with E-state index >= 15 is 0 Å². The van der Waals surface area contributed by atoms with Crippen LogP contribution in [-0.2, 0) is 24.7 Å². The molecule has 0 bridgehead atoms. The highest BCUT2D eigenvalue weighted by molar-refractivity contribution is 5.92. The van der Waals surface area contributed by atoms with Crippen LogP contribution in [0.1, 0.15) is 67.3 Å². The second kappa shape index (κ2) is 20.6. The van der Waals surface area contributed by atoms with Gasteiger partial charge in [0.2, 0.25) is 11.8 Å². The summed E-state index contributed by atoms with van der Waals surface area (Å²) in [5.74, 6) is -1.24. The van der Waals surface area contributed by atoms with E-state index in [0.717, 1.165) is 38.9 Å². The number of fused-ring (bicyclic) bond motifs is 3. The van der Waals surface area contributed by atoms with Crippen LogP contribution in [0.5, 0.6) is 0 Å². The van der Waals surface area contributed by atoms with Gasteiger partial charge in [0.1, 0.15) is 17.2 Å². The molecule has 0 fully saturated rings. The number of esters is 1. The van der Waals surface area contributed by atoms with Crippen LogP contribution >= 0.6 is 0 Å². The predicted molar refractivity (Wildman–Crippen MR) is 235 cm³/mol. The first-order valence-electron chi connectivity index (χ1n) is 20.7. The van der Waals surface area contributed by atoms with E-state index in [4.69, 9.17) is 4.74 Å². The van der Waals surface area contributed by atoms with Gasteiger partial charge in [-0.15, -0.1) is 0 Å². The molecule has 1 aliphatic carbocycles. The molecule has 0 aliphatic heterocycles. The van der Waals surface area contributed by atoms with Gasteiger partial charge in [-0.25, -0.2) is 4.79 Å². The number of rotatable bonds is 19. The van der Waals surface area contributed by atoms with E-state index in [9.17, 15) is 19.2 Å². The van der Waals surface area contributed by atoms with Crippen molar-refractivity contribution in [1.82, 2.24) is 31.9 Å². The minimum Gasteiger partial charge on any atom is -0.460 e. The van der Waals surface area contributed by atoms with Crippen molar-refractivity contribution in [3.8, 4) is 11.1 Å². The smallest absolute Gasteiger partial charge is 0.315 e. The molecule has 0 saturated heterocycles. The van der Waals surface area contributed by atoms with Crippen molar-refractivity contribution in [2.75, 3.05) is 39.3 Å². The van der Waals surface area contributed by atoms with Crippen LogP contribution in [0.25, 0.3) is 11.1 Å². The number of ether oxygens (including phenoxy) is 1. The lowest BCUT2D eigenvalue weighted by Gasteiger charge is -2.37. The Balaban J connectivity index is 1.13. The molecule has 0 radical (unpaired) electrons. The fourth-order valence-corrected chi connectivity index (χ4v) is 7.73. The Kier molecular flexibility index (Phi) is 14.9. The molecule has 0 saturated carbocycles. The number of amides is 4. The zero-order chi connectivity index (χ0) is 42.4. The Hall–Kier alpha value is -6.30. The van der Waals surface area contributed by atoms with Gasteiger partial charge in [-0.3, -0.25) is 14.4 Å². The lowest BCUT2D eigenvalue weighted by Crippen LogP contribution is -2.55. The van der Waals surface area contributed by atoms with Gasteiger partial charge in [-0.05, 0) is 59.7 Å². The van der Waals surface area contributed by atoms with Gasteiger partial charge in [0.25, 0.3) is 0 Å². The summed E-state index contributed by atoms with van der Waals surface area (Å²) in [6.07, 6.45) is -0.0507. The number of benzene rings is 5. The maximum absolute atomic E-state index is 14.4. The normalized spacial score (nSPS) is 12.7. The molecule has 0 unspecified atom stereocenters. The number of hydrogen-bond acceptors (Lipinski definition) is 7. The topological polar surface area (TPSA) is 150 Å². The number of carbonyl (C=O) groups excluding carboxylic acids is 4. The van der Waals surface area contributed by atoms with Gasteiger partial charge < -0.3 is 36.6 Å². The highest BCUT2D eigenvalue weighted by Crippen LogP contribution is 2.44. The molecular formula is C49H56N6O5. The lowest BCUT2D eigenvalue weighted by atomic mass is 9.77. The van der Waals surface area contributed by atoms with Gasteiger partial charge in [0, 0.05) is 45.2 Å². The summed E-state index contributed by atoms with van der Waals surface area (Å²) in [5, 5.41) is 18.5. The first-order chi connectivity index (χ1) is 29.0. The molecular weight excluding hydrogens is 753 g/mol. The lowest BCUT2D eigenvalue weighted by molar-refractivity contribution is -0.154. The average molecular weight is 809 g/mol. The summed E-state index contributed by atoms with van der Waals surface area (Å²) < 4.78 is 5.34. The largest absolute Gasteiger partial charge is 0.460 e. The summed E-state index contributed by atoms with van der Waals surface area (Å²) in [7, 11) is 0. The Bertz CT molecular complexity index is 2050. The first kappa shape index (κ1) is 43.3. The molecule has 6 rings (SSSR count). The van der Waals surface area contributed by atoms with E-state index in [0.29, 0.717) is 32.7 Å². The van der Waals surface area contributed by atoms with Crippen molar-refractivity contribution in [3.63, 3.8) is 0 Å². The van der Waals surface area contributed by atoms with Crippen LogP contribution in [0.3, 0.4) is 0 Å².